The molecule has 0 saturated carbocycles. The molecular weight excluding hydrogens is 374 g/mol. The zero-order valence-electron chi connectivity index (χ0n) is 14.4. The average molecular weight is 393 g/mol. The molecule has 0 fully saturated rings. The lowest BCUT2D eigenvalue weighted by Gasteiger charge is -2.40. The molecule has 26 heavy (non-hydrogen) atoms. The maximum Gasteiger partial charge on any atom is 0.309 e. The molecule has 1 aliphatic heterocycles. The van der Waals surface area contributed by atoms with Gasteiger partial charge < -0.3 is 9.47 Å². The van der Waals surface area contributed by atoms with Crippen LogP contribution in [0.15, 0.2) is 46.0 Å². The Bertz CT molecular complexity index is 795. The van der Waals surface area contributed by atoms with Gasteiger partial charge in [-0.25, -0.2) is 0 Å². The number of para-hydroxylation sites is 1. The molecule has 0 spiro atoms. The second-order valence-corrected chi connectivity index (χ2v) is 8.42. The molecule has 0 unspecified atom stereocenters. The van der Waals surface area contributed by atoms with E-state index in [1.165, 1.54) is 23.1 Å². The summed E-state index contributed by atoms with van der Waals surface area (Å²) < 4.78 is 11.9. The van der Waals surface area contributed by atoms with Gasteiger partial charge in [0.2, 0.25) is 0 Å². The summed E-state index contributed by atoms with van der Waals surface area (Å²) in [6.07, 6.45) is -1.08. The van der Waals surface area contributed by atoms with Gasteiger partial charge >= 0.3 is 5.97 Å². The molecule has 0 amide bonds. The molecule has 3 rings (SSSR count). The summed E-state index contributed by atoms with van der Waals surface area (Å²) in [4.78, 5) is 23.8. The molecule has 6 nitrogen and oxygen atoms in total. The van der Waals surface area contributed by atoms with E-state index < -0.39 is 22.9 Å². The number of fused-ring (bicyclic) bond motifs is 1. The van der Waals surface area contributed by atoms with Crippen molar-refractivity contribution in [2.75, 3.05) is 6.61 Å². The normalized spacial score (nSPS) is 24.4. The number of hydrogen-bond donors (Lipinski definition) is 0. The summed E-state index contributed by atoms with van der Waals surface area (Å²) in [6.45, 7) is 3.49. The lowest BCUT2D eigenvalue weighted by molar-refractivity contribution is -0.578. The van der Waals surface area contributed by atoms with Gasteiger partial charge in [-0.3, -0.25) is 14.9 Å². The monoisotopic (exact) mass is 393 g/mol. The number of ether oxygens (including phenoxy) is 2. The van der Waals surface area contributed by atoms with E-state index in [0.717, 1.165) is 9.77 Å². The van der Waals surface area contributed by atoms with Crippen LogP contribution in [0.1, 0.15) is 31.1 Å². The van der Waals surface area contributed by atoms with Crippen molar-refractivity contribution in [1.29, 1.82) is 0 Å². The molecular formula is C18H19NO5S2. The highest BCUT2D eigenvalue weighted by Gasteiger charge is 2.59. The van der Waals surface area contributed by atoms with E-state index in [1.807, 2.05) is 35.7 Å². The third-order valence-corrected chi connectivity index (χ3v) is 7.01. The van der Waals surface area contributed by atoms with Crippen molar-refractivity contribution in [3.05, 3.63) is 57.5 Å². The van der Waals surface area contributed by atoms with Gasteiger partial charge in [0.25, 0.3) is 5.54 Å². The van der Waals surface area contributed by atoms with Crippen molar-refractivity contribution in [2.45, 2.75) is 41.4 Å². The number of nitro groups is 1. The quantitative estimate of drug-likeness (QED) is 0.413. The van der Waals surface area contributed by atoms with Gasteiger partial charge in [-0.2, -0.15) is 0 Å². The average Bonchev–Trinajstić information content (AvgIpc) is 3.11. The molecule has 0 radical (unpaired) electrons. The van der Waals surface area contributed by atoms with Crippen LogP contribution in [0, 0.1) is 10.1 Å². The molecule has 0 N–H and O–H groups in total. The third-order valence-electron chi connectivity index (χ3n) is 4.43. The van der Waals surface area contributed by atoms with Crippen LogP contribution in [-0.2, 0) is 9.53 Å². The van der Waals surface area contributed by atoms with E-state index in [9.17, 15) is 14.9 Å². The van der Waals surface area contributed by atoms with Crippen LogP contribution >= 0.6 is 23.1 Å². The topological polar surface area (TPSA) is 78.7 Å². The first-order chi connectivity index (χ1) is 12.5. The molecule has 138 valence electrons. The first kappa shape index (κ1) is 18.7. The van der Waals surface area contributed by atoms with Crippen LogP contribution in [0.4, 0.5) is 0 Å². The minimum Gasteiger partial charge on any atom is -0.482 e. The molecule has 1 aliphatic rings. The Hall–Kier alpha value is -2.06. The van der Waals surface area contributed by atoms with Crippen molar-refractivity contribution in [2.24, 2.45) is 0 Å². The largest absolute Gasteiger partial charge is 0.482 e. The van der Waals surface area contributed by atoms with E-state index in [-0.39, 0.29) is 18.0 Å². The number of benzene rings is 1. The summed E-state index contributed by atoms with van der Waals surface area (Å²) in [5, 5.41) is 13.6. The Morgan fingerprint density at radius 3 is 2.81 bits per heavy atom. The molecule has 8 heteroatoms. The van der Waals surface area contributed by atoms with Crippen molar-refractivity contribution in [3.63, 3.8) is 0 Å². The minimum absolute atomic E-state index is 0.166. The number of rotatable bonds is 6. The molecule has 0 aliphatic carbocycles. The Morgan fingerprint density at radius 1 is 1.38 bits per heavy atom. The van der Waals surface area contributed by atoms with Gasteiger partial charge in [0.15, 0.2) is 6.10 Å². The van der Waals surface area contributed by atoms with Gasteiger partial charge in [0, 0.05) is 17.4 Å². The lowest BCUT2D eigenvalue weighted by atomic mass is 9.83. The highest BCUT2D eigenvalue weighted by Crippen LogP contribution is 2.53. The van der Waals surface area contributed by atoms with Crippen LogP contribution in [0.5, 0.6) is 5.75 Å². The van der Waals surface area contributed by atoms with E-state index in [2.05, 4.69) is 0 Å². The fourth-order valence-corrected chi connectivity index (χ4v) is 5.34. The van der Waals surface area contributed by atoms with Crippen molar-refractivity contribution in [3.8, 4) is 5.75 Å². The Labute approximate surface area is 159 Å². The second kappa shape index (κ2) is 7.67. The predicted molar refractivity (Wildman–Crippen MR) is 100 cm³/mol. The van der Waals surface area contributed by atoms with Gasteiger partial charge in [-0.15, -0.1) is 11.3 Å². The Kier molecular flexibility index (Phi) is 5.52. The van der Waals surface area contributed by atoms with Gasteiger partial charge in [-0.1, -0.05) is 36.0 Å². The van der Waals surface area contributed by atoms with E-state index in [0.29, 0.717) is 5.75 Å². The van der Waals surface area contributed by atoms with E-state index >= 15 is 0 Å². The summed E-state index contributed by atoms with van der Waals surface area (Å²) in [7, 11) is 0. The predicted octanol–water partition coefficient (Wildman–Crippen LogP) is 4.33. The maximum atomic E-state index is 12.1. The van der Waals surface area contributed by atoms with Crippen LogP contribution in [-0.4, -0.2) is 29.1 Å². The van der Waals surface area contributed by atoms with Crippen molar-refractivity contribution in [1.82, 2.24) is 0 Å². The highest BCUT2D eigenvalue weighted by atomic mass is 32.2. The fraction of sp³-hybridized carbons (Fsp3) is 0.389. The summed E-state index contributed by atoms with van der Waals surface area (Å²) in [6, 6.07) is 11.2. The molecule has 0 saturated heterocycles. The number of nitrogens with zero attached hydrogens (tertiary/aromatic N) is 1. The smallest absolute Gasteiger partial charge is 0.309 e. The fourth-order valence-electron chi connectivity index (χ4n) is 3.02. The molecule has 2 aromatic rings. The minimum atomic E-state index is -1.48. The van der Waals surface area contributed by atoms with Gasteiger partial charge in [-0.05, 0) is 24.4 Å². The zero-order chi connectivity index (χ0) is 18.7. The molecule has 1 aromatic carbocycles. The van der Waals surface area contributed by atoms with E-state index in [1.54, 1.807) is 19.9 Å². The number of hydrogen-bond acceptors (Lipinski definition) is 7. The summed E-state index contributed by atoms with van der Waals surface area (Å²) in [5.74, 6) is 0.0833. The van der Waals surface area contributed by atoms with Crippen LogP contribution in [0.25, 0.3) is 0 Å². The van der Waals surface area contributed by atoms with Crippen molar-refractivity contribution >= 4 is 29.1 Å². The molecule has 2 heterocycles. The Morgan fingerprint density at radius 2 is 2.15 bits per heavy atom. The number of carbonyl (C=O) groups is 1. The maximum absolute atomic E-state index is 12.1. The number of thiophene rings is 1. The standard InChI is InChI=1S/C18H19NO5S2/c1-3-23-15(20)11-14-18(2,19(21)22)17(26-16-9-6-10-25-16)12-7-4-5-8-13(12)24-14/h4-10,14,17H,3,11H2,1-2H3/t14-,17-,18-/m1/s1. The first-order valence-electron chi connectivity index (χ1n) is 8.22. The lowest BCUT2D eigenvalue weighted by Crippen LogP contribution is -2.56. The van der Waals surface area contributed by atoms with Gasteiger partial charge in [0.05, 0.1) is 17.2 Å². The summed E-state index contributed by atoms with van der Waals surface area (Å²) in [5.41, 5.74) is -0.708. The van der Waals surface area contributed by atoms with Gasteiger partial charge in [0.1, 0.15) is 11.0 Å². The number of carbonyl (C=O) groups excluding carboxylic acids is 1. The van der Waals surface area contributed by atoms with Crippen LogP contribution in [0.3, 0.4) is 0 Å². The SMILES string of the molecule is CCOC(=O)C[C@H]1Oc2ccccc2[C@@H](Sc2cccs2)[C@]1(C)[N+](=O)[O-]. The summed E-state index contributed by atoms with van der Waals surface area (Å²) >= 11 is 2.97. The first-order valence-corrected chi connectivity index (χ1v) is 9.98. The third kappa shape index (κ3) is 3.43. The van der Waals surface area contributed by atoms with Crippen molar-refractivity contribution < 1.29 is 19.2 Å². The second-order valence-electron chi connectivity index (χ2n) is 6.07. The Balaban J connectivity index is 2.04. The molecule has 1 aromatic heterocycles. The number of esters is 1. The molecule has 0 bridgehead atoms. The van der Waals surface area contributed by atoms with E-state index in [4.69, 9.17) is 9.47 Å². The van der Waals surface area contributed by atoms with Crippen LogP contribution < -0.4 is 4.74 Å². The molecule has 3 atom stereocenters. The number of thioether (sulfide) groups is 1. The zero-order valence-corrected chi connectivity index (χ0v) is 16.0. The highest BCUT2D eigenvalue weighted by molar-refractivity contribution is 8.01. The van der Waals surface area contributed by atoms with Crippen LogP contribution in [0.2, 0.25) is 0 Å².